The second-order valence-corrected chi connectivity index (χ2v) is 4.23. The molecular weight excluding hydrogens is 210 g/mol. The van der Waals surface area contributed by atoms with Crippen molar-refractivity contribution in [1.82, 2.24) is 4.90 Å². The molecule has 0 radical (unpaired) electrons. The van der Waals surface area contributed by atoms with E-state index in [-0.39, 0.29) is 6.03 Å². The van der Waals surface area contributed by atoms with Crippen LogP contribution in [0.3, 0.4) is 0 Å². The summed E-state index contributed by atoms with van der Waals surface area (Å²) in [7, 11) is 0. The molecule has 1 aromatic carbocycles. The number of rotatable bonds is 1. The highest BCUT2D eigenvalue weighted by Gasteiger charge is 2.38. The molecule has 0 bridgehead atoms. The minimum atomic E-state index is 0.0162. The molecular formula is C10H9N3OS. The van der Waals surface area contributed by atoms with Crippen molar-refractivity contribution in [2.75, 3.05) is 17.4 Å². The number of carbonyl (C=O) groups is 1. The Bertz CT molecular complexity index is 432. The summed E-state index contributed by atoms with van der Waals surface area (Å²) in [5, 5.41) is 0.823. The fraction of sp³-hybridized carbons (Fsp3) is 0.200. The van der Waals surface area contributed by atoms with Crippen LogP contribution < -0.4 is 4.31 Å². The van der Waals surface area contributed by atoms with Crippen LogP contribution in [-0.4, -0.2) is 29.2 Å². The van der Waals surface area contributed by atoms with Crippen LogP contribution >= 0.6 is 11.9 Å². The Kier molecular flexibility index (Phi) is 1.92. The number of carbonyl (C=O) groups excluding carboxylic acids is 1. The van der Waals surface area contributed by atoms with Crippen LogP contribution in [0.4, 0.5) is 10.5 Å². The lowest BCUT2D eigenvalue weighted by Gasteiger charge is -2.13. The van der Waals surface area contributed by atoms with Gasteiger partial charge >= 0.3 is 6.03 Å². The third kappa shape index (κ3) is 1.31. The molecule has 5 heteroatoms. The van der Waals surface area contributed by atoms with Crippen molar-refractivity contribution in [3.05, 3.63) is 30.3 Å². The molecule has 4 nitrogen and oxygen atoms in total. The maximum atomic E-state index is 11.9. The minimum absolute atomic E-state index is 0.0162. The second-order valence-electron chi connectivity index (χ2n) is 3.32. The number of anilines is 1. The Balaban J connectivity index is 1.94. The molecule has 2 aliphatic heterocycles. The average molecular weight is 219 g/mol. The highest BCUT2D eigenvalue weighted by Crippen LogP contribution is 2.33. The lowest BCUT2D eigenvalue weighted by Crippen LogP contribution is -2.31. The van der Waals surface area contributed by atoms with E-state index in [1.54, 1.807) is 9.21 Å². The quantitative estimate of drug-likeness (QED) is 0.677. The Morgan fingerprint density at radius 3 is 2.80 bits per heavy atom. The number of benzene rings is 1. The second kappa shape index (κ2) is 3.27. The topological polar surface area (TPSA) is 35.9 Å². The zero-order valence-electron chi connectivity index (χ0n) is 7.96. The van der Waals surface area contributed by atoms with Crippen molar-refractivity contribution in [1.29, 1.82) is 0 Å². The van der Waals surface area contributed by atoms with Gasteiger partial charge in [0, 0.05) is 18.5 Å². The maximum absolute atomic E-state index is 11.9. The van der Waals surface area contributed by atoms with E-state index < -0.39 is 0 Å². The summed E-state index contributed by atoms with van der Waals surface area (Å²) in [5.74, 6) is 0. The first-order chi connectivity index (χ1) is 7.36. The molecule has 15 heavy (non-hydrogen) atoms. The van der Waals surface area contributed by atoms with Crippen molar-refractivity contribution in [2.45, 2.75) is 0 Å². The average Bonchev–Trinajstić information content (AvgIpc) is 2.83. The van der Waals surface area contributed by atoms with Gasteiger partial charge in [0.25, 0.3) is 0 Å². The van der Waals surface area contributed by atoms with Gasteiger partial charge in [-0.1, -0.05) is 18.2 Å². The number of fused-ring (bicyclic) bond motifs is 1. The number of amidine groups is 1. The van der Waals surface area contributed by atoms with E-state index in [9.17, 15) is 4.79 Å². The summed E-state index contributed by atoms with van der Waals surface area (Å²) >= 11 is 1.40. The van der Waals surface area contributed by atoms with Crippen molar-refractivity contribution < 1.29 is 4.79 Å². The molecule has 2 aliphatic rings. The molecule has 3 rings (SSSR count). The summed E-state index contributed by atoms with van der Waals surface area (Å²) in [6.45, 7) is 1.45. The van der Waals surface area contributed by atoms with Gasteiger partial charge in [0.1, 0.15) is 0 Å². The molecule has 1 fully saturated rings. The van der Waals surface area contributed by atoms with Crippen LogP contribution in [0.25, 0.3) is 0 Å². The molecule has 2 amide bonds. The van der Waals surface area contributed by atoms with Crippen LogP contribution in [-0.2, 0) is 0 Å². The molecule has 0 atom stereocenters. The zero-order chi connectivity index (χ0) is 10.3. The molecule has 1 saturated heterocycles. The SMILES string of the molecule is O=C1N2CCN=C2SN1c1ccccc1. The number of hydrogen-bond acceptors (Lipinski definition) is 3. The van der Waals surface area contributed by atoms with Gasteiger partial charge in [-0.3, -0.25) is 9.89 Å². The molecule has 0 saturated carbocycles. The Hall–Kier alpha value is -1.49. The van der Waals surface area contributed by atoms with E-state index in [0.717, 1.165) is 17.4 Å². The standard InChI is InChI=1S/C10H9N3OS/c14-10-12-7-6-11-9(12)15-13(10)8-4-2-1-3-5-8/h1-5H,6-7H2. The Morgan fingerprint density at radius 2 is 2.07 bits per heavy atom. The number of nitrogens with zero attached hydrogens (tertiary/aromatic N) is 3. The van der Waals surface area contributed by atoms with E-state index in [4.69, 9.17) is 0 Å². The highest BCUT2D eigenvalue weighted by atomic mass is 32.2. The summed E-state index contributed by atoms with van der Waals surface area (Å²) in [4.78, 5) is 17.9. The summed E-state index contributed by atoms with van der Waals surface area (Å²) in [6.07, 6.45) is 0. The van der Waals surface area contributed by atoms with Crippen LogP contribution in [0.2, 0.25) is 0 Å². The molecule has 1 aromatic rings. The summed E-state index contributed by atoms with van der Waals surface area (Å²) < 4.78 is 1.68. The van der Waals surface area contributed by atoms with Gasteiger partial charge in [-0.2, -0.15) is 0 Å². The zero-order valence-corrected chi connectivity index (χ0v) is 8.78. The van der Waals surface area contributed by atoms with Crippen molar-refractivity contribution in [2.24, 2.45) is 4.99 Å². The molecule has 0 spiro atoms. The molecule has 0 aromatic heterocycles. The fourth-order valence-corrected chi connectivity index (χ4v) is 2.62. The summed E-state index contributed by atoms with van der Waals surface area (Å²) in [6, 6.07) is 9.65. The molecule has 0 N–H and O–H groups in total. The number of urea groups is 1. The Labute approximate surface area is 91.7 Å². The normalized spacial score (nSPS) is 19.5. The largest absolute Gasteiger partial charge is 0.341 e. The maximum Gasteiger partial charge on any atom is 0.341 e. The number of aliphatic imine (C=N–C) groups is 1. The number of para-hydroxylation sites is 1. The van der Waals surface area contributed by atoms with Crippen LogP contribution in [0.15, 0.2) is 35.3 Å². The van der Waals surface area contributed by atoms with Gasteiger partial charge in [-0.15, -0.1) is 0 Å². The van der Waals surface area contributed by atoms with Gasteiger partial charge < -0.3 is 0 Å². The van der Waals surface area contributed by atoms with Crippen molar-refractivity contribution in [3.63, 3.8) is 0 Å². The van der Waals surface area contributed by atoms with E-state index in [1.807, 2.05) is 30.3 Å². The predicted molar refractivity (Wildman–Crippen MR) is 60.9 cm³/mol. The van der Waals surface area contributed by atoms with Gasteiger partial charge in [0.15, 0.2) is 5.17 Å². The van der Waals surface area contributed by atoms with Crippen LogP contribution in [0, 0.1) is 0 Å². The first kappa shape index (κ1) is 8.79. The van der Waals surface area contributed by atoms with Gasteiger partial charge in [-0.05, 0) is 12.1 Å². The van der Waals surface area contributed by atoms with E-state index in [1.165, 1.54) is 11.9 Å². The summed E-state index contributed by atoms with van der Waals surface area (Å²) in [5.41, 5.74) is 0.907. The number of hydrogen-bond donors (Lipinski definition) is 0. The third-order valence-corrected chi connectivity index (χ3v) is 3.43. The molecule has 0 aliphatic carbocycles. The van der Waals surface area contributed by atoms with Crippen molar-refractivity contribution in [3.8, 4) is 0 Å². The highest BCUT2D eigenvalue weighted by molar-refractivity contribution is 8.16. The predicted octanol–water partition coefficient (Wildman–Crippen LogP) is 1.95. The van der Waals surface area contributed by atoms with Crippen molar-refractivity contribution >= 4 is 28.8 Å². The molecule has 76 valence electrons. The lowest BCUT2D eigenvalue weighted by molar-refractivity contribution is 0.235. The van der Waals surface area contributed by atoms with Gasteiger partial charge in [-0.25, -0.2) is 9.10 Å². The lowest BCUT2D eigenvalue weighted by atomic mass is 10.3. The minimum Gasteiger partial charge on any atom is -0.269 e. The Morgan fingerprint density at radius 1 is 1.27 bits per heavy atom. The first-order valence-electron chi connectivity index (χ1n) is 4.75. The number of amides is 2. The van der Waals surface area contributed by atoms with Gasteiger partial charge in [0.05, 0.1) is 12.2 Å². The monoisotopic (exact) mass is 219 g/mol. The first-order valence-corrected chi connectivity index (χ1v) is 5.53. The molecule has 2 heterocycles. The fourth-order valence-electron chi connectivity index (χ4n) is 1.64. The smallest absolute Gasteiger partial charge is 0.269 e. The molecule has 0 unspecified atom stereocenters. The van der Waals surface area contributed by atoms with E-state index in [2.05, 4.69) is 4.99 Å². The van der Waals surface area contributed by atoms with Crippen LogP contribution in [0.1, 0.15) is 0 Å². The van der Waals surface area contributed by atoms with Crippen LogP contribution in [0.5, 0.6) is 0 Å². The van der Waals surface area contributed by atoms with E-state index >= 15 is 0 Å². The van der Waals surface area contributed by atoms with Gasteiger partial charge in [0.2, 0.25) is 0 Å². The van der Waals surface area contributed by atoms with E-state index in [0.29, 0.717) is 6.54 Å². The third-order valence-electron chi connectivity index (χ3n) is 2.37.